The molecular formula is C12H22N2. The van der Waals surface area contributed by atoms with Gasteiger partial charge in [-0.2, -0.15) is 0 Å². The van der Waals surface area contributed by atoms with E-state index < -0.39 is 0 Å². The highest BCUT2D eigenvalue weighted by atomic mass is 15.2. The zero-order valence-corrected chi connectivity index (χ0v) is 9.66. The van der Waals surface area contributed by atoms with E-state index >= 15 is 0 Å². The zero-order valence-electron chi connectivity index (χ0n) is 9.66. The molecule has 0 bridgehead atoms. The second-order valence-corrected chi connectivity index (χ2v) is 4.17. The molecule has 0 unspecified atom stereocenters. The molecule has 0 aromatic heterocycles. The van der Waals surface area contributed by atoms with Crippen LogP contribution in [0.5, 0.6) is 0 Å². The summed E-state index contributed by atoms with van der Waals surface area (Å²) in [5.41, 5.74) is 1.16. The van der Waals surface area contributed by atoms with Crippen LogP contribution in [0.4, 0.5) is 0 Å². The number of likely N-dealkylation sites (tertiary alicyclic amines) is 1. The molecule has 0 saturated carbocycles. The first-order chi connectivity index (χ1) is 6.65. The monoisotopic (exact) mass is 194 g/mol. The van der Waals surface area contributed by atoms with E-state index in [-0.39, 0.29) is 0 Å². The van der Waals surface area contributed by atoms with Crippen molar-refractivity contribution in [3.8, 4) is 0 Å². The second-order valence-electron chi connectivity index (χ2n) is 4.17. The lowest BCUT2D eigenvalue weighted by Crippen LogP contribution is -2.41. The van der Waals surface area contributed by atoms with Crippen molar-refractivity contribution in [1.29, 1.82) is 0 Å². The normalized spacial score (nSPS) is 19.6. The van der Waals surface area contributed by atoms with Crippen molar-refractivity contribution in [2.45, 2.75) is 25.8 Å². The van der Waals surface area contributed by atoms with Crippen molar-refractivity contribution >= 4 is 0 Å². The van der Waals surface area contributed by atoms with Crippen LogP contribution < -0.4 is 0 Å². The van der Waals surface area contributed by atoms with E-state index in [0.717, 1.165) is 24.8 Å². The number of nitrogens with zero attached hydrogens (tertiary/aromatic N) is 2. The Balaban J connectivity index is 2.39. The van der Waals surface area contributed by atoms with E-state index in [1.54, 1.807) is 0 Å². The average Bonchev–Trinajstić information content (AvgIpc) is 2.18. The minimum Gasteiger partial charge on any atom is -0.372 e. The number of allylic oxidation sites excluding steroid dienone is 2. The van der Waals surface area contributed by atoms with E-state index in [4.69, 9.17) is 0 Å². The first-order valence-corrected chi connectivity index (χ1v) is 5.38. The number of hydrogen-bond acceptors (Lipinski definition) is 2. The van der Waals surface area contributed by atoms with Crippen molar-refractivity contribution < 1.29 is 0 Å². The zero-order chi connectivity index (χ0) is 10.6. The lowest BCUT2D eigenvalue weighted by molar-refractivity contribution is 0.173. The third-order valence-electron chi connectivity index (χ3n) is 2.96. The van der Waals surface area contributed by atoms with Crippen LogP contribution in [0.25, 0.3) is 0 Å². The predicted octanol–water partition coefficient (Wildman–Crippen LogP) is 2.10. The van der Waals surface area contributed by atoms with Crippen molar-refractivity contribution in [3.63, 3.8) is 0 Å². The highest BCUT2D eigenvalue weighted by molar-refractivity contribution is 5.13. The fourth-order valence-corrected chi connectivity index (χ4v) is 1.97. The third kappa shape index (κ3) is 2.88. The van der Waals surface area contributed by atoms with Gasteiger partial charge in [0.25, 0.3) is 0 Å². The van der Waals surface area contributed by atoms with Crippen molar-refractivity contribution in [2.24, 2.45) is 0 Å². The molecular weight excluding hydrogens is 172 g/mol. The van der Waals surface area contributed by atoms with Gasteiger partial charge in [0.05, 0.1) is 0 Å². The van der Waals surface area contributed by atoms with Crippen molar-refractivity contribution in [1.82, 2.24) is 9.80 Å². The van der Waals surface area contributed by atoms with Crippen LogP contribution >= 0.6 is 0 Å². The highest BCUT2D eigenvalue weighted by Gasteiger charge is 2.20. The Kier molecular flexibility index (Phi) is 4.21. The average molecular weight is 194 g/mol. The molecule has 2 heteroatoms. The summed E-state index contributed by atoms with van der Waals surface area (Å²) in [5.74, 6) is 0. The number of rotatable bonds is 3. The number of hydrogen-bond donors (Lipinski definition) is 0. The summed E-state index contributed by atoms with van der Waals surface area (Å²) < 4.78 is 0. The Labute approximate surface area is 87.9 Å². The van der Waals surface area contributed by atoms with E-state index in [2.05, 4.69) is 42.6 Å². The summed E-state index contributed by atoms with van der Waals surface area (Å²) in [6.07, 6.45) is 6.66. The van der Waals surface area contributed by atoms with E-state index in [0.29, 0.717) is 0 Å². The minimum absolute atomic E-state index is 0.754. The van der Waals surface area contributed by atoms with Gasteiger partial charge in [0, 0.05) is 24.8 Å². The summed E-state index contributed by atoms with van der Waals surface area (Å²) in [5, 5.41) is 0. The molecule has 0 amide bonds. The van der Waals surface area contributed by atoms with Crippen LogP contribution in [0, 0.1) is 0 Å². The molecule has 0 aromatic carbocycles. The fourth-order valence-electron chi connectivity index (χ4n) is 1.97. The summed E-state index contributed by atoms with van der Waals surface area (Å²) in [6.45, 7) is 8.39. The molecule has 0 N–H and O–H groups in total. The molecule has 0 radical (unpaired) electrons. The topological polar surface area (TPSA) is 6.48 Å². The third-order valence-corrected chi connectivity index (χ3v) is 2.96. The Morgan fingerprint density at radius 2 is 1.93 bits per heavy atom. The number of piperidine rings is 1. The van der Waals surface area contributed by atoms with Crippen LogP contribution in [-0.4, -0.2) is 43.0 Å². The van der Waals surface area contributed by atoms with Gasteiger partial charge >= 0.3 is 0 Å². The molecule has 1 heterocycles. The van der Waals surface area contributed by atoms with Crippen LogP contribution in [-0.2, 0) is 0 Å². The van der Waals surface area contributed by atoms with Crippen LogP contribution in [0.3, 0.4) is 0 Å². The molecule has 1 saturated heterocycles. The first kappa shape index (κ1) is 11.3. The Bertz CT molecular complexity index is 210. The molecule has 0 atom stereocenters. The quantitative estimate of drug-likeness (QED) is 0.635. The lowest BCUT2D eigenvalue weighted by Gasteiger charge is -2.36. The van der Waals surface area contributed by atoms with Gasteiger partial charge in [-0.05, 0) is 39.9 Å². The van der Waals surface area contributed by atoms with Crippen LogP contribution in [0.15, 0.2) is 24.4 Å². The lowest BCUT2D eigenvalue weighted by atomic mass is 10.0. The van der Waals surface area contributed by atoms with Gasteiger partial charge in [-0.3, -0.25) is 0 Å². The molecule has 1 aliphatic heterocycles. The first-order valence-electron chi connectivity index (χ1n) is 5.38. The summed E-state index contributed by atoms with van der Waals surface area (Å²) in [7, 11) is 4.34. The molecule has 1 rings (SSSR count). The molecule has 1 fully saturated rings. The maximum Gasteiger partial charge on any atom is 0.0289 e. The molecule has 1 aliphatic rings. The molecule has 0 aliphatic carbocycles. The smallest absolute Gasteiger partial charge is 0.0289 e. The van der Waals surface area contributed by atoms with E-state index in [1.807, 2.05) is 6.92 Å². The van der Waals surface area contributed by atoms with Crippen molar-refractivity contribution in [2.75, 3.05) is 27.2 Å². The molecule has 0 aromatic rings. The molecule has 0 spiro atoms. The van der Waals surface area contributed by atoms with E-state index in [1.165, 1.54) is 12.8 Å². The minimum atomic E-state index is 0.754. The SMILES string of the molecule is C=C(/C=C\C)N1CCC(N(C)C)CC1. The fraction of sp³-hybridized carbons (Fsp3) is 0.667. The molecule has 2 nitrogen and oxygen atoms in total. The summed E-state index contributed by atoms with van der Waals surface area (Å²) in [4.78, 5) is 4.70. The maximum absolute atomic E-state index is 4.06. The van der Waals surface area contributed by atoms with Crippen LogP contribution in [0.1, 0.15) is 19.8 Å². The Morgan fingerprint density at radius 3 is 2.36 bits per heavy atom. The van der Waals surface area contributed by atoms with Crippen molar-refractivity contribution in [3.05, 3.63) is 24.4 Å². The van der Waals surface area contributed by atoms with Gasteiger partial charge in [0.15, 0.2) is 0 Å². The Morgan fingerprint density at radius 1 is 1.36 bits per heavy atom. The summed E-state index contributed by atoms with van der Waals surface area (Å²) >= 11 is 0. The largest absolute Gasteiger partial charge is 0.372 e. The second kappa shape index (κ2) is 5.20. The van der Waals surface area contributed by atoms with E-state index in [9.17, 15) is 0 Å². The van der Waals surface area contributed by atoms with Gasteiger partial charge < -0.3 is 9.80 Å². The van der Waals surface area contributed by atoms with Gasteiger partial charge in [0.2, 0.25) is 0 Å². The maximum atomic E-state index is 4.06. The molecule has 80 valence electrons. The highest BCUT2D eigenvalue weighted by Crippen LogP contribution is 2.17. The van der Waals surface area contributed by atoms with Gasteiger partial charge in [-0.1, -0.05) is 12.7 Å². The van der Waals surface area contributed by atoms with Crippen LogP contribution in [0.2, 0.25) is 0 Å². The summed E-state index contributed by atoms with van der Waals surface area (Å²) in [6, 6.07) is 0.754. The van der Waals surface area contributed by atoms with Gasteiger partial charge in [-0.25, -0.2) is 0 Å². The Hall–Kier alpha value is -0.760. The molecule has 14 heavy (non-hydrogen) atoms. The standard InChI is InChI=1S/C12H22N2/c1-5-6-11(2)14-9-7-12(8-10-14)13(3)4/h5-6,12H,2,7-10H2,1,3-4H3/b6-5-. The van der Waals surface area contributed by atoms with Gasteiger partial charge in [-0.15, -0.1) is 0 Å². The predicted molar refractivity (Wildman–Crippen MR) is 62.2 cm³/mol. The van der Waals surface area contributed by atoms with Gasteiger partial charge in [0.1, 0.15) is 0 Å².